The summed E-state index contributed by atoms with van der Waals surface area (Å²) >= 11 is 0. The summed E-state index contributed by atoms with van der Waals surface area (Å²) in [5.41, 5.74) is 0.964. The van der Waals surface area contributed by atoms with Crippen LogP contribution in [0.25, 0.3) is 0 Å². The van der Waals surface area contributed by atoms with Gasteiger partial charge in [0.1, 0.15) is 11.5 Å². The Hall–Kier alpha value is -0.170. The molecule has 0 aromatic heterocycles. The molecule has 0 heterocycles. The Labute approximate surface area is 111 Å². The molecule has 2 aliphatic carbocycles. The molecule has 2 nitrogen and oxygen atoms in total. The molecule has 3 heteroatoms. The fourth-order valence-corrected chi connectivity index (χ4v) is 5.51. The van der Waals surface area contributed by atoms with E-state index >= 15 is 0 Å². The highest BCUT2D eigenvalue weighted by Crippen LogP contribution is 2.72. The molecule has 0 spiro atoms. The maximum atomic E-state index is 10.2. The number of allylic oxidation sites excluding steroid dienone is 3. The van der Waals surface area contributed by atoms with Crippen molar-refractivity contribution in [1.29, 1.82) is 0 Å². The highest BCUT2D eigenvalue weighted by atomic mass is 31.2. The van der Waals surface area contributed by atoms with Crippen molar-refractivity contribution in [2.75, 3.05) is 6.16 Å². The fourth-order valence-electron chi connectivity index (χ4n) is 3.13. The van der Waals surface area contributed by atoms with E-state index in [2.05, 4.69) is 6.58 Å². The molecule has 0 atom stereocenters. The van der Waals surface area contributed by atoms with Crippen LogP contribution in [0, 0.1) is 11.3 Å². The maximum Gasteiger partial charge on any atom is 0.300 e. The Balaban J connectivity index is 1.82. The van der Waals surface area contributed by atoms with Crippen LogP contribution >= 0.6 is 7.72 Å². The van der Waals surface area contributed by atoms with Gasteiger partial charge in [-0.3, -0.25) is 0 Å². The van der Waals surface area contributed by atoms with E-state index in [4.69, 9.17) is 0 Å². The van der Waals surface area contributed by atoms with Gasteiger partial charge in [-0.2, -0.15) is 0 Å². The molecule has 18 heavy (non-hydrogen) atoms. The van der Waals surface area contributed by atoms with Crippen LogP contribution in [-0.4, -0.2) is 15.9 Å². The molecular weight excluding hydrogens is 243 g/mol. The van der Waals surface area contributed by atoms with E-state index in [0.717, 1.165) is 23.2 Å². The van der Waals surface area contributed by atoms with Crippen LogP contribution in [0.3, 0.4) is 0 Å². The average molecular weight is 269 g/mol. The van der Waals surface area contributed by atoms with Gasteiger partial charge in [-0.25, -0.2) is 9.79 Å². The molecule has 2 N–H and O–H groups in total. The molecule has 0 aromatic rings. The summed E-state index contributed by atoms with van der Waals surface area (Å²) in [7, 11) is -2.89. The van der Waals surface area contributed by atoms with E-state index < -0.39 is 7.72 Å². The van der Waals surface area contributed by atoms with Gasteiger partial charge in [-0.1, -0.05) is 38.7 Å². The highest BCUT2D eigenvalue weighted by molar-refractivity contribution is 7.69. The Bertz CT molecular complexity index is 363. The number of hydrogen-bond acceptors (Lipinski definition) is 2. The minimum atomic E-state index is -2.89. The first-order chi connectivity index (χ1) is 8.31. The summed E-state index contributed by atoms with van der Waals surface area (Å²) in [5, 5.41) is 0.861. The number of rotatable bonds is 5. The maximum absolute atomic E-state index is 10.2. The van der Waals surface area contributed by atoms with Crippen LogP contribution in [0.2, 0.25) is 0 Å². The topological polar surface area (TPSA) is 40.5 Å². The molecule has 0 radical (unpaired) electrons. The van der Waals surface area contributed by atoms with Gasteiger partial charge < -0.3 is 0 Å². The van der Waals surface area contributed by atoms with Crippen molar-refractivity contribution in [3.8, 4) is 0 Å². The van der Waals surface area contributed by atoms with Crippen molar-refractivity contribution < 1.29 is 9.79 Å². The van der Waals surface area contributed by atoms with Crippen molar-refractivity contribution >= 4 is 7.72 Å². The molecule has 2 aliphatic rings. The lowest BCUT2D eigenvalue weighted by atomic mass is 9.85. The van der Waals surface area contributed by atoms with E-state index in [1.54, 1.807) is 0 Å². The van der Waals surface area contributed by atoms with Crippen LogP contribution in [-0.2, 0) is 0 Å². The Morgan fingerprint density at radius 1 is 1.33 bits per heavy atom. The molecule has 0 aliphatic heterocycles. The second-order valence-electron chi connectivity index (χ2n) is 6.60. The van der Waals surface area contributed by atoms with Gasteiger partial charge in [-0.05, 0) is 37.8 Å². The van der Waals surface area contributed by atoms with Crippen molar-refractivity contribution in [3.63, 3.8) is 0 Å². The van der Waals surface area contributed by atoms with Gasteiger partial charge in [0, 0.05) is 5.41 Å². The van der Waals surface area contributed by atoms with E-state index in [-0.39, 0.29) is 5.41 Å². The Kier molecular flexibility index (Phi) is 4.02. The van der Waals surface area contributed by atoms with Gasteiger partial charge in [0.05, 0.1) is 0 Å². The van der Waals surface area contributed by atoms with Crippen LogP contribution < -0.4 is 0 Å². The molecule has 2 rings (SSSR count). The summed E-state index contributed by atoms with van der Waals surface area (Å²) in [6.45, 7) is 8.14. The van der Waals surface area contributed by atoms with Crippen molar-refractivity contribution in [3.05, 3.63) is 23.5 Å². The molecule has 0 unspecified atom stereocenters. The molecular formula is C15H26O2P+. The summed E-state index contributed by atoms with van der Waals surface area (Å²) < 4.78 is 0. The van der Waals surface area contributed by atoms with Crippen molar-refractivity contribution in [2.24, 2.45) is 11.3 Å². The normalized spacial score (nSPS) is 23.7. The molecule has 1 fully saturated rings. The van der Waals surface area contributed by atoms with Gasteiger partial charge in [0.25, 0.3) is 7.72 Å². The van der Waals surface area contributed by atoms with E-state index in [9.17, 15) is 9.79 Å². The monoisotopic (exact) mass is 269 g/mol. The predicted octanol–water partition coefficient (Wildman–Crippen LogP) is 4.27. The van der Waals surface area contributed by atoms with Gasteiger partial charge in [0.2, 0.25) is 0 Å². The highest BCUT2D eigenvalue weighted by Gasteiger charge is 2.55. The summed E-state index contributed by atoms with van der Waals surface area (Å²) in [4.78, 5) is 20.5. The van der Waals surface area contributed by atoms with E-state index in [0.29, 0.717) is 6.16 Å². The van der Waals surface area contributed by atoms with Crippen LogP contribution in [0.5, 0.6) is 0 Å². The Morgan fingerprint density at radius 3 is 2.39 bits per heavy atom. The fraction of sp³-hybridized carbons (Fsp3) is 0.733. The van der Waals surface area contributed by atoms with Crippen LogP contribution in [0.1, 0.15) is 52.4 Å². The minimum Gasteiger partial charge on any atom is -0.215 e. The quantitative estimate of drug-likeness (QED) is 0.578. The summed E-state index contributed by atoms with van der Waals surface area (Å²) in [6.07, 6.45) is 9.96. The number of hydrogen-bond donors (Lipinski definition) is 2. The standard InChI is InChI=1S/C15H26O2P/c1-12(9-13-7-5-4-6-8-13)11-18(16,17)14-10-15(14,2)3/h10,13,16-17H,1,4-9,11H2,2-3H3/q+1. The minimum absolute atomic E-state index is 0.0671. The lowest BCUT2D eigenvalue weighted by Crippen LogP contribution is -2.10. The first kappa shape index (κ1) is 14.2. The molecule has 0 amide bonds. The van der Waals surface area contributed by atoms with Crippen molar-refractivity contribution in [2.45, 2.75) is 52.4 Å². The van der Waals surface area contributed by atoms with Gasteiger partial charge in [-0.15, -0.1) is 0 Å². The predicted molar refractivity (Wildman–Crippen MR) is 78.4 cm³/mol. The first-order valence-electron chi connectivity index (χ1n) is 7.05. The summed E-state index contributed by atoms with van der Waals surface area (Å²) in [6, 6.07) is 0. The third-order valence-electron chi connectivity index (χ3n) is 4.21. The van der Waals surface area contributed by atoms with Crippen molar-refractivity contribution in [1.82, 2.24) is 0 Å². The van der Waals surface area contributed by atoms with E-state index in [1.165, 1.54) is 32.1 Å². The van der Waals surface area contributed by atoms with Gasteiger partial charge in [0.15, 0.2) is 0 Å². The smallest absolute Gasteiger partial charge is 0.215 e. The first-order valence-corrected chi connectivity index (χ1v) is 8.93. The third kappa shape index (κ3) is 3.44. The largest absolute Gasteiger partial charge is 0.300 e. The average Bonchev–Trinajstić information content (AvgIpc) is 2.89. The van der Waals surface area contributed by atoms with E-state index in [1.807, 2.05) is 19.9 Å². The van der Waals surface area contributed by atoms with Gasteiger partial charge >= 0.3 is 0 Å². The lowest BCUT2D eigenvalue weighted by molar-refractivity contribution is 0.355. The molecule has 1 saturated carbocycles. The summed E-state index contributed by atoms with van der Waals surface area (Å²) in [5.74, 6) is 0.729. The molecule has 0 saturated heterocycles. The SMILES string of the molecule is C=C(CC1CCCCC1)C[P+](O)(O)C1=CC1(C)C. The zero-order valence-corrected chi connectivity index (χ0v) is 12.5. The molecule has 0 aromatic carbocycles. The second kappa shape index (κ2) is 5.07. The second-order valence-corrected chi connectivity index (χ2v) is 8.86. The molecule has 0 bridgehead atoms. The third-order valence-corrected chi connectivity index (χ3v) is 6.57. The zero-order valence-electron chi connectivity index (χ0n) is 11.7. The lowest BCUT2D eigenvalue weighted by Gasteiger charge is -2.23. The zero-order chi connectivity index (χ0) is 13.4. The Morgan fingerprint density at radius 2 is 1.89 bits per heavy atom. The van der Waals surface area contributed by atoms with Crippen LogP contribution in [0.15, 0.2) is 23.5 Å². The van der Waals surface area contributed by atoms with Crippen LogP contribution in [0.4, 0.5) is 0 Å². The molecule has 102 valence electrons.